The van der Waals surface area contributed by atoms with E-state index in [9.17, 15) is 9.59 Å². The highest BCUT2D eigenvalue weighted by Crippen LogP contribution is 2.09. The highest BCUT2D eigenvalue weighted by molar-refractivity contribution is 7.98. The molecule has 0 saturated heterocycles. The summed E-state index contributed by atoms with van der Waals surface area (Å²) in [5.74, 6) is -0.138. The third-order valence-electron chi connectivity index (χ3n) is 2.04. The van der Waals surface area contributed by atoms with Gasteiger partial charge in [-0.05, 0) is 17.7 Å². The van der Waals surface area contributed by atoms with Crippen molar-refractivity contribution < 1.29 is 9.59 Å². The predicted molar refractivity (Wildman–Crippen MR) is 72.6 cm³/mol. The van der Waals surface area contributed by atoms with Crippen LogP contribution in [0.15, 0.2) is 17.5 Å². The van der Waals surface area contributed by atoms with Crippen LogP contribution in [0.25, 0.3) is 0 Å². The molecule has 18 heavy (non-hydrogen) atoms. The van der Waals surface area contributed by atoms with Crippen LogP contribution in [0.5, 0.6) is 0 Å². The molecule has 0 aliphatic carbocycles. The van der Waals surface area contributed by atoms with E-state index in [0.717, 1.165) is 0 Å². The lowest BCUT2D eigenvalue weighted by Gasteiger charge is -2.16. The quantitative estimate of drug-likeness (QED) is 0.758. The second-order valence-electron chi connectivity index (χ2n) is 3.33. The van der Waals surface area contributed by atoms with Gasteiger partial charge in [0.05, 0.1) is 10.9 Å². The summed E-state index contributed by atoms with van der Waals surface area (Å²) < 4.78 is 0. The van der Waals surface area contributed by atoms with Crippen LogP contribution in [-0.4, -0.2) is 36.4 Å². The topological polar surface area (TPSA) is 82.0 Å². The Morgan fingerprint density at radius 2 is 2.39 bits per heavy atom. The number of thioether (sulfide) groups is 1. The molecule has 1 atom stereocenters. The molecule has 7 heteroatoms. The first-order valence-corrected chi connectivity index (χ1v) is 7.44. The van der Waals surface area contributed by atoms with E-state index < -0.39 is 6.04 Å². The number of nitriles is 1. The molecule has 0 bridgehead atoms. The van der Waals surface area contributed by atoms with Crippen LogP contribution in [0.2, 0.25) is 0 Å². The Morgan fingerprint density at radius 3 is 2.94 bits per heavy atom. The number of rotatable bonds is 6. The number of nitrogens with one attached hydrogen (secondary N) is 2. The van der Waals surface area contributed by atoms with Gasteiger partial charge in [-0.2, -0.15) is 17.0 Å². The normalized spacial score (nSPS) is 11.3. The minimum Gasteiger partial charge on any atom is -0.341 e. The molecule has 1 heterocycles. The van der Waals surface area contributed by atoms with Gasteiger partial charge in [0.15, 0.2) is 0 Å². The van der Waals surface area contributed by atoms with Crippen LogP contribution in [0.1, 0.15) is 9.67 Å². The minimum atomic E-state index is -0.622. The molecule has 96 valence electrons. The van der Waals surface area contributed by atoms with Crippen molar-refractivity contribution in [2.45, 2.75) is 6.04 Å². The van der Waals surface area contributed by atoms with E-state index in [1.54, 1.807) is 17.5 Å². The maximum absolute atomic E-state index is 11.8. The van der Waals surface area contributed by atoms with Crippen LogP contribution in [0.3, 0.4) is 0 Å². The molecule has 2 N–H and O–H groups in total. The molecule has 0 aliphatic rings. The van der Waals surface area contributed by atoms with Crippen LogP contribution >= 0.6 is 23.1 Å². The van der Waals surface area contributed by atoms with Crippen molar-refractivity contribution in [1.82, 2.24) is 10.6 Å². The van der Waals surface area contributed by atoms with Gasteiger partial charge in [-0.15, -0.1) is 11.3 Å². The number of carbonyl (C=O) groups is 2. The van der Waals surface area contributed by atoms with Crippen molar-refractivity contribution in [2.75, 3.05) is 18.6 Å². The van der Waals surface area contributed by atoms with Crippen molar-refractivity contribution in [1.29, 1.82) is 5.26 Å². The molecule has 0 aromatic carbocycles. The zero-order valence-corrected chi connectivity index (χ0v) is 11.4. The number of hydrogen-bond acceptors (Lipinski definition) is 5. The molecule has 1 unspecified atom stereocenters. The Balaban J connectivity index is 2.60. The number of hydrogen-bond donors (Lipinski definition) is 2. The van der Waals surface area contributed by atoms with Gasteiger partial charge in [-0.1, -0.05) is 6.07 Å². The molecule has 1 aromatic rings. The summed E-state index contributed by atoms with van der Waals surface area (Å²) >= 11 is 2.77. The molecule has 1 rings (SSSR count). The standard InChI is InChI=1S/C11H13N3O2S2/c1-17-7-8(10(15)13-5-4-12)14-11(16)9-3-2-6-18-9/h2-3,6,8H,5,7H2,1H3,(H,13,15)(H,14,16). The summed E-state index contributed by atoms with van der Waals surface area (Å²) in [4.78, 5) is 24.1. The third-order valence-corrected chi connectivity index (χ3v) is 3.58. The molecule has 1 aromatic heterocycles. The summed E-state index contributed by atoms with van der Waals surface area (Å²) in [6.07, 6.45) is 1.85. The molecule has 0 saturated carbocycles. The van der Waals surface area contributed by atoms with E-state index in [-0.39, 0.29) is 18.4 Å². The number of nitrogens with zero attached hydrogens (tertiary/aromatic N) is 1. The zero-order chi connectivity index (χ0) is 13.4. The summed E-state index contributed by atoms with van der Waals surface area (Å²) in [6, 6.07) is 4.68. The summed E-state index contributed by atoms with van der Waals surface area (Å²) in [6.45, 7) is -0.0570. The lowest BCUT2D eigenvalue weighted by atomic mass is 10.3. The van der Waals surface area contributed by atoms with Crippen molar-refractivity contribution in [2.24, 2.45) is 0 Å². The molecule has 0 aliphatic heterocycles. The second kappa shape index (κ2) is 7.74. The summed E-state index contributed by atoms with van der Waals surface area (Å²) in [5.41, 5.74) is 0. The van der Waals surface area contributed by atoms with Gasteiger partial charge in [0.2, 0.25) is 5.91 Å². The van der Waals surface area contributed by atoms with Gasteiger partial charge in [0, 0.05) is 5.75 Å². The third kappa shape index (κ3) is 4.39. The van der Waals surface area contributed by atoms with Crippen LogP contribution < -0.4 is 10.6 Å². The maximum atomic E-state index is 11.8. The van der Waals surface area contributed by atoms with E-state index in [1.807, 2.05) is 12.3 Å². The monoisotopic (exact) mass is 283 g/mol. The fourth-order valence-electron chi connectivity index (χ4n) is 1.24. The summed E-state index contributed by atoms with van der Waals surface area (Å²) in [7, 11) is 0. The number of carbonyl (C=O) groups excluding carboxylic acids is 2. The van der Waals surface area contributed by atoms with E-state index in [2.05, 4.69) is 10.6 Å². The first-order chi connectivity index (χ1) is 8.69. The van der Waals surface area contributed by atoms with Gasteiger partial charge >= 0.3 is 0 Å². The van der Waals surface area contributed by atoms with Gasteiger partial charge in [0.25, 0.3) is 5.91 Å². The van der Waals surface area contributed by atoms with Crippen LogP contribution in [0.4, 0.5) is 0 Å². The lowest BCUT2D eigenvalue weighted by Crippen LogP contribution is -2.48. The average Bonchev–Trinajstić information content (AvgIpc) is 2.89. The van der Waals surface area contributed by atoms with Gasteiger partial charge < -0.3 is 10.6 Å². The first-order valence-electron chi connectivity index (χ1n) is 5.17. The first kappa shape index (κ1) is 14.5. The predicted octanol–water partition coefficient (Wildman–Crippen LogP) is 0.849. The van der Waals surface area contributed by atoms with E-state index in [0.29, 0.717) is 10.6 Å². The van der Waals surface area contributed by atoms with Crippen molar-refractivity contribution in [3.8, 4) is 6.07 Å². The fraction of sp³-hybridized carbons (Fsp3) is 0.364. The number of amides is 2. The number of thiophene rings is 1. The molecular weight excluding hydrogens is 270 g/mol. The van der Waals surface area contributed by atoms with Gasteiger partial charge in [0.1, 0.15) is 12.6 Å². The zero-order valence-electron chi connectivity index (χ0n) is 9.80. The highest BCUT2D eigenvalue weighted by Gasteiger charge is 2.20. The van der Waals surface area contributed by atoms with Gasteiger partial charge in [-0.3, -0.25) is 9.59 Å². The molecule has 0 radical (unpaired) electrons. The minimum absolute atomic E-state index is 0.0570. The summed E-state index contributed by atoms with van der Waals surface area (Å²) in [5, 5.41) is 15.3. The highest BCUT2D eigenvalue weighted by atomic mass is 32.2. The van der Waals surface area contributed by atoms with Crippen molar-refractivity contribution >= 4 is 34.9 Å². The Morgan fingerprint density at radius 1 is 1.61 bits per heavy atom. The smallest absolute Gasteiger partial charge is 0.262 e. The largest absolute Gasteiger partial charge is 0.341 e. The lowest BCUT2D eigenvalue weighted by molar-refractivity contribution is -0.122. The van der Waals surface area contributed by atoms with Crippen molar-refractivity contribution in [3.63, 3.8) is 0 Å². The Labute approximate surface area is 114 Å². The Kier molecular flexibility index (Phi) is 6.25. The molecule has 0 spiro atoms. The maximum Gasteiger partial charge on any atom is 0.262 e. The second-order valence-corrected chi connectivity index (χ2v) is 5.19. The molecule has 2 amide bonds. The molecule has 5 nitrogen and oxygen atoms in total. The molecule has 0 fully saturated rings. The van der Waals surface area contributed by atoms with E-state index in [1.165, 1.54) is 23.1 Å². The van der Waals surface area contributed by atoms with Crippen LogP contribution in [0, 0.1) is 11.3 Å². The SMILES string of the molecule is CSCC(NC(=O)c1cccs1)C(=O)NCC#N. The van der Waals surface area contributed by atoms with Gasteiger partial charge in [-0.25, -0.2) is 0 Å². The van der Waals surface area contributed by atoms with E-state index >= 15 is 0 Å². The average molecular weight is 283 g/mol. The van der Waals surface area contributed by atoms with Crippen LogP contribution in [-0.2, 0) is 4.79 Å². The van der Waals surface area contributed by atoms with Crippen molar-refractivity contribution in [3.05, 3.63) is 22.4 Å². The fourth-order valence-corrected chi connectivity index (χ4v) is 2.43. The molecular formula is C11H13N3O2S2. The van der Waals surface area contributed by atoms with E-state index in [4.69, 9.17) is 5.26 Å². The Hall–Kier alpha value is -1.52. The Bertz CT molecular complexity index is 440.